The highest BCUT2D eigenvalue weighted by molar-refractivity contribution is 6.03. The van der Waals surface area contributed by atoms with E-state index >= 15 is 0 Å². The summed E-state index contributed by atoms with van der Waals surface area (Å²) >= 11 is 0. The predicted molar refractivity (Wildman–Crippen MR) is 68.9 cm³/mol. The van der Waals surface area contributed by atoms with E-state index in [1.807, 2.05) is 7.05 Å². The number of hydrogen-bond acceptors (Lipinski definition) is 6. The molecule has 2 aliphatic heterocycles. The Morgan fingerprint density at radius 3 is 2.60 bits per heavy atom. The molecule has 0 aromatic heterocycles. The van der Waals surface area contributed by atoms with Gasteiger partial charge in [0.05, 0.1) is 7.11 Å². The molecule has 0 unspecified atom stereocenters. The third-order valence-corrected chi connectivity index (χ3v) is 3.92. The third-order valence-electron chi connectivity index (χ3n) is 3.92. The number of piperidine rings is 1. The first-order valence-corrected chi connectivity index (χ1v) is 6.79. The summed E-state index contributed by atoms with van der Waals surface area (Å²) in [4.78, 5) is 38.5. The summed E-state index contributed by atoms with van der Waals surface area (Å²) in [6, 6.07) is 0. The summed E-state index contributed by atoms with van der Waals surface area (Å²) < 4.78 is 9.87. The Morgan fingerprint density at radius 2 is 2.00 bits per heavy atom. The van der Waals surface area contributed by atoms with Gasteiger partial charge in [0.1, 0.15) is 0 Å². The SMILES string of the molecule is COC(=O)CCCN1C(=O)OC2(CCN(C)CC2)C1=O. The fourth-order valence-electron chi connectivity index (χ4n) is 2.57. The first-order valence-electron chi connectivity index (χ1n) is 6.79. The van der Waals surface area contributed by atoms with Gasteiger partial charge in [-0.1, -0.05) is 0 Å². The van der Waals surface area contributed by atoms with Crippen LogP contribution in [0.2, 0.25) is 0 Å². The fraction of sp³-hybridized carbons (Fsp3) is 0.769. The van der Waals surface area contributed by atoms with Crippen molar-refractivity contribution in [3.63, 3.8) is 0 Å². The molecule has 0 aromatic carbocycles. The first kappa shape index (κ1) is 14.8. The van der Waals surface area contributed by atoms with Crippen molar-refractivity contribution in [1.82, 2.24) is 9.80 Å². The molecule has 2 saturated heterocycles. The van der Waals surface area contributed by atoms with Crippen LogP contribution in [0.5, 0.6) is 0 Å². The zero-order valence-electron chi connectivity index (χ0n) is 11.9. The lowest BCUT2D eigenvalue weighted by Crippen LogP contribution is -2.49. The van der Waals surface area contributed by atoms with E-state index in [1.165, 1.54) is 7.11 Å². The highest BCUT2D eigenvalue weighted by Gasteiger charge is 2.54. The van der Waals surface area contributed by atoms with E-state index in [1.54, 1.807) is 0 Å². The lowest BCUT2D eigenvalue weighted by Gasteiger charge is -2.33. The van der Waals surface area contributed by atoms with Gasteiger partial charge in [-0.3, -0.25) is 9.59 Å². The van der Waals surface area contributed by atoms with Crippen molar-refractivity contribution < 1.29 is 23.9 Å². The van der Waals surface area contributed by atoms with Crippen LogP contribution in [-0.2, 0) is 19.1 Å². The predicted octanol–water partition coefficient (Wildman–Crippen LogP) is 0.383. The molecule has 2 heterocycles. The van der Waals surface area contributed by atoms with E-state index in [0.717, 1.165) is 18.0 Å². The van der Waals surface area contributed by atoms with Crippen LogP contribution in [0, 0.1) is 0 Å². The maximum atomic E-state index is 12.4. The van der Waals surface area contributed by atoms with Crippen LogP contribution in [0.3, 0.4) is 0 Å². The molecule has 1 spiro atoms. The number of methoxy groups -OCH3 is 1. The molecule has 0 aliphatic carbocycles. The number of ether oxygens (including phenoxy) is 2. The zero-order valence-corrected chi connectivity index (χ0v) is 11.9. The average Bonchev–Trinajstić information content (AvgIpc) is 2.66. The number of amides is 2. The summed E-state index contributed by atoms with van der Waals surface area (Å²) in [6.07, 6.45) is 1.04. The Bertz CT molecular complexity index is 415. The van der Waals surface area contributed by atoms with Crippen LogP contribution >= 0.6 is 0 Å². The molecule has 20 heavy (non-hydrogen) atoms. The molecule has 0 bridgehead atoms. The monoisotopic (exact) mass is 284 g/mol. The number of rotatable bonds is 4. The Morgan fingerprint density at radius 1 is 1.35 bits per heavy atom. The lowest BCUT2D eigenvalue weighted by atomic mass is 9.90. The summed E-state index contributed by atoms with van der Waals surface area (Å²) in [7, 11) is 3.29. The summed E-state index contributed by atoms with van der Waals surface area (Å²) in [6.45, 7) is 1.66. The molecule has 2 rings (SSSR count). The number of hydrogen-bond donors (Lipinski definition) is 0. The van der Waals surface area contributed by atoms with Crippen LogP contribution in [0.1, 0.15) is 25.7 Å². The van der Waals surface area contributed by atoms with Gasteiger partial charge < -0.3 is 14.4 Å². The highest BCUT2D eigenvalue weighted by Crippen LogP contribution is 2.34. The zero-order chi connectivity index (χ0) is 14.8. The van der Waals surface area contributed by atoms with Gasteiger partial charge in [0.2, 0.25) is 0 Å². The Balaban J connectivity index is 1.93. The van der Waals surface area contributed by atoms with E-state index in [0.29, 0.717) is 19.3 Å². The van der Waals surface area contributed by atoms with Crippen LogP contribution in [0.25, 0.3) is 0 Å². The minimum absolute atomic E-state index is 0.184. The quantitative estimate of drug-likeness (QED) is 0.695. The Hall–Kier alpha value is -1.63. The largest absolute Gasteiger partial charge is 0.469 e. The van der Waals surface area contributed by atoms with Gasteiger partial charge in [-0.15, -0.1) is 0 Å². The van der Waals surface area contributed by atoms with Crippen molar-refractivity contribution in [2.24, 2.45) is 0 Å². The number of likely N-dealkylation sites (tertiary alicyclic amines) is 1. The summed E-state index contributed by atoms with van der Waals surface area (Å²) in [5.74, 6) is -0.612. The van der Waals surface area contributed by atoms with E-state index in [2.05, 4.69) is 9.64 Å². The second kappa shape index (κ2) is 5.78. The van der Waals surface area contributed by atoms with Crippen LogP contribution in [-0.4, -0.2) is 67.2 Å². The third kappa shape index (κ3) is 2.77. The molecule has 112 valence electrons. The lowest BCUT2D eigenvalue weighted by molar-refractivity contribution is -0.142. The van der Waals surface area contributed by atoms with Crippen molar-refractivity contribution in [2.45, 2.75) is 31.3 Å². The van der Waals surface area contributed by atoms with E-state index < -0.39 is 11.7 Å². The van der Waals surface area contributed by atoms with Crippen molar-refractivity contribution in [3.8, 4) is 0 Å². The molecule has 0 atom stereocenters. The first-order chi connectivity index (χ1) is 9.48. The normalized spacial score (nSPS) is 22.2. The van der Waals surface area contributed by atoms with Crippen molar-refractivity contribution >= 4 is 18.0 Å². The van der Waals surface area contributed by atoms with Crippen molar-refractivity contribution in [1.29, 1.82) is 0 Å². The molecule has 0 radical (unpaired) electrons. The number of imide groups is 1. The molecule has 0 N–H and O–H groups in total. The highest BCUT2D eigenvalue weighted by atomic mass is 16.6. The van der Waals surface area contributed by atoms with Gasteiger partial charge in [0.15, 0.2) is 5.60 Å². The molecule has 7 nitrogen and oxygen atoms in total. The molecule has 0 saturated carbocycles. The smallest absolute Gasteiger partial charge is 0.417 e. The second-order valence-corrected chi connectivity index (χ2v) is 5.30. The van der Waals surface area contributed by atoms with Gasteiger partial charge >= 0.3 is 12.1 Å². The summed E-state index contributed by atoms with van der Waals surface area (Å²) in [5.41, 5.74) is -0.977. The van der Waals surface area contributed by atoms with Gasteiger partial charge in [0, 0.05) is 38.9 Å². The maximum Gasteiger partial charge on any atom is 0.417 e. The topological polar surface area (TPSA) is 76.2 Å². The average molecular weight is 284 g/mol. The molecule has 7 heteroatoms. The standard InChI is InChI=1S/C13H20N2O5/c1-14-8-5-13(6-9-14)11(17)15(12(18)20-13)7-3-4-10(16)19-2/h3-9H2,1-2H3. The maximum absolute atomic E-state index is 12.4. The van der Waals surface area contributed by atoms with Gasteiger partial charge in [-0.25, -0.2) is 9.69 Å². The van der Waals surface area contributed by atoms with Gasteiger partial charge in [-0.2, -0.15) is 0 Å². The molecule has 2 fully saturated rings. The van der Waals surface area contributed by atoms with E-state index in [4.69, 9.17) is 4.74 Å². The van der Waals surface area contributed by atoms with Gasteiger partial charge in [-0.05, 0) is 13.5 Å². The number of carbonyl (C=O) groups excluding carboxylic acids is 3. The Kier molecular flexibility index (Phi) is 4.27. The van der Waals surface area contributed by atoms with Crippen LogP contribution < -0.4 is 0 Å². The van der Waals surface area contributed by atoms with Crippen LogP contribution in [0.4, 0.5) is 4.79 Å². The van der Waals surface area contributed by atoms with E-state index in [9.17, 15) is 14.4 Å². The molecular formula is C13H20N2O5. The number of nitrogens with zero attached hydrogens (tertiary/aromatic N) is 2. The second-order valence-electron chi connectivity index (χ2n) is 5.30. The number of esters is 1. The molecule has 2 aliphatic rings. The Labute approximate surface area is 117 Å². The minimum atomic E-state index is -0.977. The molecule has 2 amide bonds. The molecule has 0 aromatic rings. The summed E-state index contributed by atoms with van der Waals surface area (Å²) in [5, 5.41) is 0. The van der Waals surface area contributed by atoms with Crippen LogP contribution in [0.15, 0.2) is 0 Å². The molecular weight excluding hydrogens is 264 g/mol. The van der Waals surface area contributed by atoms with Crippen molar-refractivity contribution in [2.75, 3.05) is 33.8 Å². The fourth-order valence-corrected chi connectivity index (χ4v) is 2.57. The number of carbonyl (C=O) groups is 3. The van der Waals surface area contributed by atoms with Gasteiger partial charge in [0.25, 0.3) is 5.91 Å². The minimum Gasteiger partial charge on any atom is -0.469 e. The van der Waals surface area contributed by atoms with E-state index in [-0.39, 0.29) is 24.8 Å². The van der Waals surface area contributed by atoms with Crippen molar-refractivity contribution in [3.05, 3.63) is 0 Å².